The van der Waals surface area contributed by atoms with Gasteiger partial charge in [0.05, 0.1) is 12.6 Å². The summed E-state index contributed by atoms with van der Waals surface area (Å²) in [6.07, 6.45) is 1.51. The summed E-state index contributed by atoms with van der Waals surface area (Å²) < 4.78 is 0. The molecule has 1 aliphatic heterocycles. The number of rotatable bonds is 14. The molecule has 5 amide bonds. The average Bonchev–Trinajstić information content (AvgIpc) is 3.41. The smallest absolute Gasteiger partial charge is 0.325 e. The van der Waals surface area contributed by atoms with Crippen molar-refractivity contribution in [1.29, 1.82) is 0 Å². The number of nitrogens with one attached hydrogen (secondary N) is 4. The molecule has 0 bridgehead atoms. The number of carboxylic acids is 1. The maximum atomic E-state index is 13.0. The second kappa shape index (κ2) is 15.7. The van der Waals surface area contributed by atoms with Crippen LogP contribution in [-0.2, 0) is 35.2 Å². The number of carbonyl (C=O) groups is 6. The van der Waals surface area contributed by atoms with Gasteiger partial charge in [-0.15, -0.1) is 0 Å². The first-order valence-corrected chi connectivity index (χ1v) is 13.8. The van der Waals surface area contributed by atoms with Gasteiger partial charge in [0.2, 0.25) is 29.5 Å². The highest BCUT2D eigenvalue weighted by atomic mass is 16.4. The lowest BCUT2D eigenvalue weighted by Gasteiger charge is -2.26. The van der Waals surface area contributed by atoms with E-state index >= 15 is 0 Å². The van der Waals surface area contributed by atoms with E-state index in [1.807, 2.05) is 44.2 Å². The van der Waals surface area contributed by atoms with E-state index in [2.05, 4.69) is 21.3 Å². The van der Waals surface area contributed by atoms with Gasteiger partial charge in [-0.2, -0.15) is 0 Å². The molecule has 5 unspecified atom stereocenters. The van der Waals surface area contributed by atoms with Gasteiger partial charge < -0.3 is 37.0 Å². The summed E-state index contributed by atoms with van der Waals surface area (Å²) in [6, 6.07) is 4.50. The van der Waals surface area contributed by atoms with Gasteiger partial charge in [-0.05, 0) is 51.0 Å². The van der Waals surface area contributed by atoms with Crippen LogP contribution >= 0.6 is 0 Å². The van der Waals surface area contributed by atoms with Gasteiger partial charge in [0, 0.05) is 6.54 Å². The van der Waals surface area contributed by atoms with Crippen LogP contribution < -0.4 is 27.0 Å². The Morgan fingerprint density at radius 1 is 0.927 bits per heavy atom. The van der Waals surface area contributed by atoms with Crippen molar-refractivity contribution < 1.29 is 33.9 Å². The maximum Gasteiger partial charge on any atom is 0.325 e. The van der Waals surface area contributed by atoms with Crippen LogP contribution in [0.4, 0.5) is 0 Å². The lowest BCUT2D eigenvalue weighted by atomic mass is 10.0. The Bertz CT molecular complexity index is 1100. The van der Waals surface area contributed by atoms with E-state index < -0.39 is 72.3 Å². The number of carbonyl (C=O) groups excluding carboxylic acids is 5. The monoisotopic (exact) mass is 574 g/mol. The minimum absolute atomic E-state index is 0.0221. The Morgan fingerprint density at radius 2 is 1.59 bits per heavy atom. The first-order valence-electron chi connectivity index (χ1n) is 13.8. The zero-order chi connectivity index (χ0) is 30.7. The summed E-state index contributed by atoms with van der Waals surface area (Å²) >= 11 is 0. The molecule has 0 aromatic heterocycles. The van der Waals surface area contributed by atoms with E-state index in [9.17, 15) is 28.8 Å². The topological polar surface area (TPSA) is 200 Å². The molecule has 13 nitrogen and oxygen atoms in total. The normalized spacial score (nSPS) is 17.6. The Morgan fingerprint density at radius 3 is 2.20 bits per heavy atom. The number of aliphatic carboxylic acids is 1. The van der Waals surface area contributed by atoms with Crippen LogP contribution in [0.5, 0.6) is 0 Å². The largest absolute Gasteiger partial charge is 0.480 e. The number of nitrogens with two attached hydrogens (primary N) is 1. The van der Waals surface area contributed by atoms with Crippen molar-refractivity contribution in [2.75, 3.05) is 13.1 Å². The standard InChI is InChI=1S/C28H42N6O7/c1-16(2)13-21(33-24(36)17(3)31-25(37)20(29)14-19-9-6-5-7-10-19)26(38)30-15-23(35)34-12-8-11-22(34)27(39)32-18(4)28(40)41/h5-7,9-10,16-18,20-22H,8,11-15,29H2,1-4H3,(H,30,38)(H,31,37)(H,32,39)(H,33,36)(H,40,41). The second-order valence-corrected chi connectivity index (χ2v) is 10.7. The molecule has 226 valence electrons. The Kier molecular flexibility index (Phi) is 12.7. The number of likely N-dealkylation sites (tertiary alicyclic amines) is 1. The zero-order valence-corrected chi connectivity index (χ0v) is 24.0. The molecule has 13 heteroatoms. The fraction of sp³-hybridized carbons (Fsp3) is 0.571. The number of hydrogen-bond donors (Lipinski definition) is 6. The van der Waals surface area contributed by atoms with Crippen molar-refractivity contribution in [2.24, 2.45) is 11.7 Å². The van der Waals surface area contributed by atoms with Gasteiger partial charge in [-0.1, -0.05) is 44.2 Å². The SMILES string of the molecule is CC(C)CC(NC(=O)C(C)NC(=O)C(N)Cc1ccccc1)C(=O)NCC(=O)N1CCCC1C(=O)NC(C)C(=O)O. The van der Waals surface area contributed by atoms with E-state index in [0.29, 0.717) is 25.8 Å². The third-order valence-electron chi connectivity index (χ3n) is 6.75. The van der Waals surface area contributed by atoms with Gasteiger partial charge in [-0.3, -0.25) is 28.8 Å². The highest BCUT2D eigenvalue weighted by molar-refractivity contribution is 5.95. The fourth-order valence-corrected chi connectivity index (χ4v) is 4.44. The molecular weight excluding hydrogens is 532 g/mol. The van der Waals surface area contributed by atoms with Crippen molar-refractivity contribution in [1.82, 2.24) is 26.2 Å². The number of hydrogen-bond acceptors (Lipinski definition) is 7. The van der Waals surface area contributed by atoms with Gasteiger partial charge in [0.1, 0.15) is 24.2 Å². The van der Waals surface area contributed by atoms with Gasteiger partial charge >= 0.3 is 5.97 Å². The van der Waals surface area contributed by atoms with Crippen molar-refractivity contribution in [3.8, 4) is 0 Å². The van der Waals surface area contributed by atoms with Crippen LogP contribution in [0.15, 0.2) is 30.3 Å². The number of carboxylic acid groups (broad SMARTS) is 1. The summed E-state index contributed by atoms with van der Waals surface area (Å²) in [6.45, 7) is 6.45. The molecule has 1 heterocycles. The summed E-state index contributed by atoms with van der Waals surface area (Å²) in [4.78, 5) is 76.1. The molecule has 0 saturated carbocycles. The van der Waals surface area contributed by atoms with Crippen LogP contribution in [0.1, 0.15) is 52.5 Å². The molecule has 0 aliphatic carbocycles. The van der Waals surface area contributed by atoms with E-state index in [0.717, 1.165) is 5.56 Å². The molecule has 1 aromatic rings. The minimum atomic E-state index is -1.19. The maximum absolute atomic E-state index is 13.0. The van der Waals surface area contributed by atoms with E-state index in [1.54, 1.807) is 0 Å². The number of amides is 5. The van der Waals surface area contributed by atoms with E-state index in [1.165, 1.54) is 18.7 Å². The Balaban J connectivity index is 1.92. The molecule has 1 aromatic carbocycles. The van der Waals surface area contributed by atoms with Gasteiger partial charge in [0.15, 0.2) is 0 Å². The van der Waals surface area contributed by atoms with Gasteiger partial charge in [0.25, 0.3) is 0 Å². The van der Waals surface area contributed by atoms with Crippen molar-refractivity contribution in [3.05, 3.63) is 35.9 Å². The van der Waals surface area contributed by atoms with Crippen LogP contribution in [0.2, 0.25) is 0 Å². The second-order valence-electron chi connectivity index (χ2n) is 10.7. The third-order valence-corrected chi connectivity index (χ3v) is 6.75. The van der Waals surface area contributed by atoms with Crippen LogP contribution in [-0.4, -0.2) is 88.8 Å². The molecular formula is C28H42N6O7. The van der Waals surface area contributed by atoms with Crippen LogP contribution in [0, 0.1) is 5.92 Å². The van der Waals surface area contributed by atoms with Crippen molar-refractivity contribution in [3.63, 3.8) is 0 Å². The fourth-order valence-electron chi connectivity index (χ4n) is 4.44. The van der Waals surface area contributed by atoms with Crippen LogP contribution in [0.3, 0.4) is 0 Å². The molecule has 1 aliphatic rings. The molecule has 7 N–H and O–H groups in total. The third kappa shape index (κ3) is 10.5. The van der Waals surface area contributed by atoms with Crippen molar-refractivity contribution in [2.45, 2.75) is 83.6 Å². The predicted molar refractivity (Wildman–Crippen MR) is 150 cm³/mol. The van der Waals surface area contributed by atoms with E-state index in [4.69, 9.17) is 10.8 Å². The quantitative estimate of drug-likeness (QED) is 0.167. The lowest BCUT2D eigenvalue weighted by Crippen LogP contribution is -2.56. The first kappa shape index (κ1) is 33.2. The van der Waals surface area contributed by atoms with Gasteiger partial charge in [-0.25, -0.2) is 0 Å². The molecule has 1 saturated heterocycles. The molecule has 2 rings (SSSR count). The Hall–Kier alpha value is -4.00. The minimum Gasteiger partial charge on any atom is -0.480 e. The van der Waals surface area contributed by atoms with E-state index in [-0.39, 0.29) is 12.3 Å². The lowest BCUT2D eigenvalue weighted by molar-refractivity contribution is -0.143. The Labute approximate surface area is 240 Å². The highest BCUT2D eigenvalue weighted by Crippen LogP contribution is 2.17. The van der Waals surface area contributed by atoms with Crippen LogP contribution in [0.25, 0.3) is 0 Å². The number of nitrogens with zero attached hydrogens (tertiary/aromatic N) is 1. The molecule has 0 spiro atoms. The summed E-state index contributed by atoms with van der Waals surface area (Å²) in [5.74, 6) is -3.91. The molecule has 0 radical (unpaired) electrons. The predicted octanol–water partition coefficient (Wildman–Crippen LogP) is -0.711. The molecule has 1 fully saturated rings. The zero-order valence-electron chi connectivity index (χ0n) is 24.0. The summed E-state index contributed by atoms with van der Waals surface area (Å²) in [5.41, 5.74) is 6.88. The molecule has 5 atom stereocenters. The summed E-state index contributed by atoms with van der Waals surface area (Å²) in [5, 5.41) is 19.2. The number of benzene rings is 1. The van der Waals surface area contributed by atoms with Crippen molar-refractivity contribution >= 4 is 35.5 Å². The average molecular weight is 575 g/mol. The summed E-state index contributed by atoms with van der Waals surface area (Å²) in [7, 11) is 0. The highest BCUT2D eigenvalue weighted by Gasteiger charge is 2.35. The molecule has 41 heavy (non-hydrogen) atoms. The first-order chi connectivity index (χ1) is 19.3.